The van der Waals surface area contributed by atoms with E-state index in [0.29, 0.717) is 18.5 Å². The lowest BCUT2D eigenvalue weighted by Crippen LogP contribution is -2.27. The maximum Gasteiger partial charge on any atom is 0.224 e. The van der Waals surface area contributed by atoms with Crippen LogP contribution in [0.15, 0.2) is 24.3 Å². The summed E-state index contributed by atoms with van der Waals surface area (Å²) >= 11 is 0. The summed E-state index contributed by atoms with van der Waals surface area (Å²) in [6, 6.07) is 7.16. The molecule has 0 aliphatic carbocycles. The third-order valence-electron chi connectivity index (χ3n) is 3.60. The van der Waals surface area contributed by atoms with Crippen LogP contribution in [0.25, 0.3) is 0 Å². The van der Waals surface area contributed by atoms with Gasteiger partial charge in [-0.1, -0.05) is 12.8 Å². The number of nitrogens with zero attached hydrogens (tertiary/aromatic N) is 1. The zero-order valence-corrected chi connectivity index (χ0v) is 12.0. The van der Waals surface area contributed by atoms with Crippen molar-refractivity contribution in [2.45, 2.75) is 32.1 Å². The fourth-order valence-corrected chi connectivity index (χ4v) is 2.40. The topological polar surface area (TPSA) is 49.4 Å². The third kappa shape index (κ3) is 4.46. The molecule has 2 bridgehead atoms. The SMILES string of the molecule is CN1CCCCCCC(=O)Nc2ccc(cc2)C(=O)C1. The number of rotatable bonds is 0. The molecule has 2 aliphatic rings. The first-order valence-corrected chi connectivity index (χ1v) is 7.27. The quantitative estimate of drug-likeness (QED) is 0.791. The zero-order valence-electron chi connectivity index (χ0n) is 12.0. The lowest BCUT2D eigenvalue weighted by Gasteiger charge is -2.15. The highest BCUT2D eigenvalue weighted by Crippen LogP contribution is 2.13. The van der Waals surface area contributed by atoms with Gasteiger partial charge in [0.2, 0.25) is 5.91 Å². The van der Waals surface area contributed by atoms with Gasteiger partial charge in [-0.2, -0.15) is 0 Å². The molecule has 0 unspecified atom stereocenters. The molecule has 0 saturated carbocycles. The predicted molar refractivity (Wildman–Crippen MR) is 80.0 cm³/mol. The van der Waals surface area contributed by atoms with Gasteiger partial charge in [0.15, 0.2) is 5.78 Å². The van der Waals surface area contributed by atoms with Crippen molar-refractivity contribution >= 4 is 17.4 Å². The number of nitrogens with one attached hydrogen (secondary N) is 1. The Morgan fingerprint density at radius 3 is 2.45 bits per heavy atom. The minimum atomic E-state index is 0.0519. The molecular formula is C16H22N2O2. The van der Waals surface area contributed by atoms with Crippen LogP contribution in [-0.2, 0) is 4.79 Å². The first kappa shape index (κ1) is 14.7. The molecule has 4 nitrogen and oxygen atoms in total. The number of carbonyl (C=O) groups is 2. The van der Waals surface area contributed by atoms with Gasteiger partial charge in [-0.05, 0) is 50.7 Å². The molecule has 0 spiro atoms. The maximum absolute atomic E-state index is 12.1. The molecule has 20 heavy (non-hydrogen) atoms. The van der Waals surface area contributed by atoms with Gasteiger partial charge in [0.05, 0.1) is 6.54 Å². The van der Waals surface area contributed by atoms with Crippen molar-refractivity contribution in [2.75, 3.05) is 25.5 Å². The number of likely N-dealkylation sites (N-methyl/N-ethyl adjacent to an activating group) is 1. The van der Waals surface area contributed by atoms with Gasteiger partial charge in [0, 0.05) is 17.7 Å². The summed E-state index contributed by atoms with van der Waals surface area (Å²) in [6.07, 6.45) is 4.73. The molecule has 2 heterocycles. The summed E-state index contributed by atoms with van der Waals surface area (Å²) in [7, 11) is 1.98. The molecule has 108 valence electrons. The van der Waals surface area contributed by atoms with Crippen molar-refractivity contribution in [3.8, 4) is 0 Å². The third-order valence-corrected chi connectivity index (χ3v) is 3.60. The summed E-state index contributed by atoms with van der Waals surface area (Å²) in [6.45, 7) is 1.38. The van der Waals surface area contributed by atoms with Crippen molar-refractivity contribution in [2.24, 2.45) is 0 Å². The van der Waals surface area contributed by atoms with Gasteiger partial charge >= 0.3 is 0 Å². The highest BCUT2D eigenvalue weighted by atomic mass is 16.1. The summed E-state index contributed by atoms with van der Waals surface area (Å²) in [5.41, 5.74) is 1.46. The number of anilines is 1. The van der Waals surface area contributed by atoms with Gasteiger partial charge < -0.3 is 5.32 Å². The zero-order chi connectivity index (χ0) is 14.4. The molecule has 0 saturated heterocycles. The average molecular weight is 274 g/mol. The van der Waals surface area contributed by atoms with E-state index in [4.69, 9.17) is 0 Å². The number of amides is 1. The predicted octanol–water partition coefficient (Wildman–Crippen LogP) is 2.70. The second-order valence-electron chi connectivity index (χ2n) is 5.45. The van der Waals surface area contributed by atoms with E-state index >= 15 is 0 Å². The molecular weight excluding hydrogens is 252 g/mol. The largest absolute Gasteiger partial charge is 0.326 e. The highest BCUT2D eigenvalue weighted by molar-refractivity contribution is 5.98. The van der Waals surface area contributed by atoms with Gasteiger partial charge in [0.25, 0.3) is 0 Å². The highest BCUT2D eigenvalue weighted by Gasteiger charge is 2.10. The van der Waals surface area contributed by atoms with Crippen molar-refractivity contribution in [1.29, 1.82) is 0 Å². The summed E-state index contributed by atoms with van der Waals surface area (Å²) in [5, 5.41) is 2.87. The second-order valence-corrected chi connectivity index (χ2v) is 5.45. The summed E-state index contributed by atoms with van der Waals surface area (Å²) in [4.78, 5) is 25.9. The second kappa shape index (κ2) is 7.20. The van der Waals surface area contributed by atoms with E-state index in [1.165, 1.54) is 0 Å². The number of Topliss-reactive ketones (excluding diaryl/α,β-unsaturated/α-hetero) is 1. The van der Waals surface area contributed by atoms with Crippen molar-refractivity contribution in [1.82, 2.24) is 4.90 Å². The van der Waals surface area contributed by atoms with Gasteiger partial charge in [-0.15, -0.1) is 0 Å². The minimum Gasteiger partial charge on any atom is -0.326 e. The van der Waals surface area contributed by atoms with Gasteiger partial charge in [0.1, 0.15) is 0 Å². The molecule has 2 aliphatic heterocycles. The van der Waals surface area contributed by atoms with E-state index in [2.05, 4.69) is 10.2 Å². The van der Waals surface area contributed by atoms with E-state index < -0.39 is 0 Å². The smallest absolute Gasteiger partial charge is 0.224 e. The monoisotopic (exact) mass is 274 g/mol. The van der Waals surface area contributed by atoms with E-state index in [-0.39, 0.29) is 11.7 Å². The number of benzene rings is 1. The Labute approximate surface area is 120 Å². The van der Waals surface area contributed by atoms with E-state index in [0.717, 1.165) is 37.9 Å². The number of fused-ring (bicyclic) bond motifs is 12. The van der Waals surface area contributed by atoms with E-state index in [1.807, 2.05) is 7.05 Å². The fourth-order valence-electron chi connectivity index (χ4n) is 2.40. The Hall–Kier alpha value is -1.68. The molecule has 1 aromatic rings. The first-order valence-electron chi connectivity index (χ1n) is 7.27. The van der Waals surface area contributed by atoms with Crippen LogP contribution in [0.5, 0.6) is 0 Å². The van der Waals surface area contributed by atoms with Crippen LogP contribution in [0, 0.1) is 0 Å². The van der Waals surface area contributed by atoms with Crippen LogP contribution in [0.2, 0.25) is 0 Å². The Kier molecular flexibility index (Phi) is 5.30. The van der Waals surface area contributed by atoms with Crippen LogP contribution in [0.4, 0.5) is 5.69 Å². The number of carbonyl (C=O) groups excluding carboxylic acids is 2. The van der Waals surface area contributed by atoms with E-state index in [9.17, 15) is 9.59 Å². The Balaban J connectivity index is 2.09. The molecule has 0 aromatic heterocycles. The van der Waals surface area contributed by atoms with Crippen LogP contribution < -0.4 is 5.32 Å². The van der Waals surface area contributed by atoms with Gasteiger partial charge in [-0.25, -0.2) is 0 Å². The Morgan fingerprint density at radius 1 is 1.00 bits per heavy atom. The van der Waals surface area contributed by atoms with Crippen molar-refractivity contribution in [3.63, 3.8) is 0 Å². The minimum absolute atomic E-state index is 0.0519. The molecule has 1 aromatic carbocycles. The molecule has 1 amide bonds. The van der Waals surface area contributed by atoms with Crippen LogP contribution in [0.1, 0.15) is 42.5 Å². The molecule has 4 heteroatoms. The lowest BCUT2D eigenvalue weighted by molar-refractivity contribution is -0.116. The molecule has 0 fully saturated rings. The standard InChI is InChI=1S/C16H22N2O2/c1-18-11-5-3-2-4-6-16(20)17-14-9-7-13(8-10-14)15(19)12-18/h7-10H,2-6,11-12H2,1H3,(H,17,20). The van der Waals surface area contributed by atoms with Crippen LogP contribution >= 0.6 is 0 Å². The average Bonchev–Trinajstić information content (AvgIpc) is 2.43. The van der Waals surface area contributed by atoms with Crippen LogP contribution in [0.3, 0.4) is 0 Å². The van der Waals surface area contributed by atoms with Crippen LogP contribution in [-0.4, -0.2) is 36.7 Å². The number of ketones is 1. The molecule has 0 atom stereocenters. The molecule has 3 rings (SSSR count). The number of hydrogen-bond acceptors (Lipinski definition) is 3. The summed E-state index contributed by atoms with van der Waals surface area (Å²) < 4.78 is 0. The molecule has 0 radical (unpaired) electrons. The van der Waals surface area contributed by atoms with E-state index in [1.54, 1.807) is 24.3 Å². The number of hydrogen-bond donors (Lipinski definition) is 1. The Morgan fingerprint density at radius 2 is 1.70 bits per heavy atom. The first-order chi connectivity index (χ1) is 9.65. The van der Waals surface area contributed by atoms with Crippen molar-refractivity contribution in [3.05, 3.63) is 29.8 Å². The maximum atomic E-state index is 12.1. The fraction of sp³-hybridized carbons (Fsp3) is 0.500. The lowest BCUT2D eigenvalue weighted by atomic mass is 10.1. The van der Waals surface area contributed by atoms with Gasteiger partial charge in [-0.3, -0.25) is 14.5 Å². The van der Waals surface area contributed by atoms with Crippen molar-refractivity contribution < 1.29 is 9.59 Å². The summed E-state index contributed by atoms with van der Waals surface area (Å²) in [5.74, 6) is 0.177. The normalized spacial score (nSPS) is 19.2. The Bertz CT molecular complexity index is 468. The molecule has 1 N–H and O–H groups in total.